The number of esters is 3. The van der Waals surface area contributed by atoms with Crippen molar-refractivity contribution < 1.29 is 72.1 Å². The van der Waals surface area contributed by atoms with E-state index in [-0.39, 0.29) is 37.9 Å². The van der Waals surface area contributed by atoms with Crippen LogP contribution in [0.5, 0.6) is 0 Å². The minimum absolute atomic E-state index is 0.0121. The second kappa shape index (κ2) is 23.1. The number of cyclic esters (lactones) is 1. The number of likely N-dealkylation sites (N-methyl/N-ethyl adjacent to an activating group) is 1. The molecule has 3 rings (SSSR count). The Hall–Kier alpha value is -3.09. The predicted molar refractivity (Wildman–Crippen MR) is 209 cm³/mol. The van der Waals surface area contributed by atoms with E-state index < -0.39 is 115 Å². The molecule has 0 bridgehead atoms. The number of methoxy groups -OCH3 is 1. The monoisotopic (exact) mass is 825 g/mol. The number of rotatable bonds is 13. The second-order valence-corrected chi connectivity index (χ2v) is 16.2. The quantitative estimate of drug-likeness (QED) is 0.155. The van der Waals surface area contributed by atoms with Crippen LogP contribution in [0.15, 0.2) is 24.3 Å². The lowest BCUT2D eigenvalue weighted by Crippen LogP contribution is -2.66. The Bertz CT molecular complexity index is 1420. The number of hydrogen-bond acceptors (Lipinski definition) is 16. The van der Waals surface area contributed by atoms with Gasteiger partial charge in [0.2, 0.25) is 0 Å². The third kappa shape index (κ3) is 13.7. The number of aldehydes is 1. The van der Waals surface area contributed by atoms with Gasteiger partial charge >= 0.3 is 17.9 Å². The van der Waals surface area contributed by atoms with Crippen LogP contribution >= 0.6 is 0 Å². The van der Waals surface area contributed by atoms with Crippen molar-refractivity contribution in [2.24, 2.45) is 11.8 Å². The van der Waals surface area contributed by atoms with Crippen molar-refractivity contribution in [3.8, 4) is 0 Å². The summed E-state index contributed by atoms with van der Waals surface area (Å²) in [6, 6.07) is -0.793. The van der Waals surface area contributed by atoms with Crippen LogP contribution in [0.3, 0.4) is 0 Å². The van der Waals surface area contributed by atoms with Crippen molar-refractivity contribution in [2.75, 3.05) is 21.2 Å². The van der Waals surface area contributed by atoms with Gasteiger partial charge in [-0.15, -0.1) is 0 Å². The van der Waals surface area contributed by atoms with E-state index in [2.05, 4.69) is 0 Å². The molecule has 0 saturated carbocycles. The molecule has 0 aromatic carbocycles. The first-order chi connectivity index (χ1) is 27.4. The van der Waals surface area contributed by atoms with Crippen LogP contribution in [0.2, 0.25) is 0 Å². The molecule has 0 unspecified atom stereocenters. The Kier molecular flexibility index (Phi) is 19.6. The first kappa shape index (κ1) is 49.3. The lowest BCUT2D eigenvalue weighted by molar-refractivity contribution is -0.344. The predicted octanol–water partition coefficient (Wildman–Crippen LogP) is 3.37. The van der Waals surface area contributed by atoms with Crippen molar-refractivity contribution in [3.05, 3.63) is 24.3 Å². The highest BCUT2D eigenvalue weighted by atomic mass is 16.7. The zero-order valence-electron chi connectivity index (χ0n) is 35.8. The Labute approximate surface area is 342 Å². The van der Waals surface area contributed by atoms with Crippen molar-refractivity contribution in [2.45, 2.75) is 179 Å². The molecular formula is C42H67NO15. The number of hydrogen-bond donors (Lipinski definition) is 2. The van der Waals surface area contributed by atoms with Gasteiger partial charge in [-0.1, -0.05) is 39.0 Å². The Morgan fingerprint density at radius 1 is 0.983 bits per heavy atom. The summed E-state index contributed by atoms with van der Waals surface area (Å²) < 4.78 is 48.6. The van der Waals surface area contributed by atoms with Gasteiger partial charge in [0.1, 0.15) is 42.4 Å². The molecule has 3 aliphatic heterocycles. The largest absolute Gasteiger partial charge is 0.462 e. The number of aliphatic hydroxyl groups excluding tert-OH is 1. The van der Waals surface area contributed by atoms with Crippen LogP contribution in [-0.4, -0.2) is 145 Å². The van der Waals surface area contributed by atoms with Crippen molar-refractivity contribution in [1.82, 2.24) is 4.90 Å². The summed E-state index contributed by atoms with van der Waals surface area (Å²) in [6.45, 7) is 11.9. The molecule has 16 nitrogen and oxygen atoms in total. The molecule has 58 heavy (non-hydrogen) atoms. The molecule has 3 heterocycles. The number of ether oxygens (including phenoxy) is 8. The number of allylic oxidation sites excluding steroid dienone is 3. The Morgan fingerprint density at radius 3 is 2.29 bits per heavy atom. The maximum absolute atomic E-state index is 13.3. The average Bonchev–Trinajstić information content (AvgIpc) is 3.13. The maximum atomic E-state index is 13.3. The fourth-order valence-electron chi connectivity index (χ4n) is 7.90. The first-order valence-corrected chi connectivity index (χ1v) is 20.5. The van der Waals surface area contributed by atoms with Gasteiger partial charge in [0, 0.05) is 45.1 Å². The normalized spacial score (nSPS) is 39.3. The summed E-state index contributed by atoms with van der Waals surface area (Å²) in [5.74, 6) is -3.28. The molecule has 2 saturated heterocycles. The minimum Gasteiger partial charge on any atom is -0.462 e. The molecule has 0 spiro atoms. The molecule has 0 amide bonds. The summed E-state index contributed by atoms with van der Waals surface area (Å²) >= 11 is 0. The van der Waals surface area contributed by atoms with E-state index in [0.29, 0.717) is 19.1 Å². The van der Waals surface area contributed by atoms with Crippen LogP contribution in [0.25, 0.3) is 0 Å². The molecule has 0 aromatic heterocycles. The highest BCUT2D eigenvalue weighted by Crippen LogP contribution is 2.37. The topological polar surface area (TPSA) is 203 Å². The lowest BCUT2D eigenvalue weighted by atomic mass is 9.83. The molecule has 3 aliphatic rings. The van der Waals surface area contributed by atoms with Gasteiger partial charge in [-0.3, -0.25) is 19.2 Å². The van der Waals surface area contributed by atoms with Crippen LogP contribution < -0.4 is 0 Å². The Balaban J connectivity index is 2.00. The molecule has 0 aromatic rings. The molecule has 2 fully saturated rings. The third-order valence-corrected chi connectivity index (χ3v) is 10.9. The van der Waals surface area contributed by atoms with E-state index in [1.807, 2.05) is 6.92 Å². The van der Waals surface area contributed by atoms with Gasteiger partial charge in [0.05, 0.1) is 30.8 Å². The summed E-state index contributed by atoms with van der Waals surface area (Å²) in [4.78, 5) is 65.7. The number of carbonyl (C=O) groups is 5. The van der Waals surface area contributed by atoms with E-state index in [0.717, 1.165) is 0 Å². The van der Waals surface area contributed by atoms with E-state index in [1.54, 1.807) is 78.8 Å². The van der Waals surface area contributed by atoms with Crippen LogP contribution in [-0.2, 0) is 61.9 Å². The van der Waals surface area contributed by atoms with Crippen molar-refractivity contribution >= 4 is 30.0 Å². The molecule has 330 valence electrons. The third-order valence-electron chi connectivity index (χ3n) is 10.9. The standard InChI is InChI=1S/C42H67NO15/c1-11-16-32(47)56-40-27(6)53-34(23-42(40,7)50)57-37-26(5)54-41(36(49)35(37)43(8)9)58-38-28(19-20-44)21-24(3)29(45)18-15-13-14-17-25(4)52-33(48)22-30(39(38)51-10)55-31(46)12-2/h13-15,18,20,24-28,30,34-41,49-50H,11-12,16-17,19,21-23H2,1-10H3/b14-13-,18-15-/t24-,25-,26-,27+,28+,30-,34+,35-,36-,37-,38+,39+,40+,41+,42-/m1/s1. The summed E-state index contributed by atoms with van der Waals surface area (Å²) in [7, 11) is 4.83. The van der Waals surface area contributed by atoms with Gasteiger partial charge in [-0.05, 0) is 66.6 Å². The zero-order valence-corrected chi connectivity index (χ0v) is 35.8. The highest BCUT2D eigenvalue weighted by molar-refractivity contribution is 5.91. The fourth-order valence-corrected chi connectivity index (χ4v) is 7.90. The van der Waals surface area contributed by atoms with E-state index in [9.17, 15) is 34.2 Å². The molecule has 2 N–H and O–H groups in total. The van der Waals surface area contributed by atoms with Gasteiger partial charge in [0.25, 0.3) is 0 Å². The maximum Gasteiger partial charge on any atom is 0.309 e. The van der Waals surface area contributed by atoms with Gasteiger partial charge in [-0.2, -0.15) is 0 Å². The van der Waals surface area contributed by atoms with Gasteiger partial charge in [-0.25, -0.2) is 0 Å². The average molecular weight is 826 g/mol. The molecule has 16 heteroatoms. The van der Waals surface area contributed by atoms with E-state index in [1.165, 1.54) is 13.2 Å². The minimum atomic E-state index is -1.50. The van der Waals surface area contributed by atoms with Crippen molar-refractivity contribution in [3.63, 3.8) is 0 Å². The smallest absolute Gasteiger partial charge is 0.309 e. The molecule has 0 radical (unpaired) electrons. The zero-order chi connectivity index (χ0) is 43.3. The summed E-state index contributed by atoms with van der Waals surface area (Å²) in [5, 5.41) is 23.5. The summed E-state index contributed by atoms with van der Waals surface area (Å²) in [5.41, 5.74) is -1.50. The van der Waals surface area contributed by atoms with Crippen LogP contribution in [0, 0.1) is 11.8 Å². The second-order valence-electron chi connectivity index (χ2n) is 16.2. The first-order valence-electron chi connectivity index (χ1n) is 20.5. The molecule has 15 atom stereocenters. The lowest BCUT2D eigenvalue weighted by Gasteiger charge is -2.50. The number of aliphatic hydroxyl groups is 2. The van der Waals surface area contributed by atoms with Gasteiger partial charge < -0.3 is 57.8 Å². The Morgan fingerprint density at radius 2 is 1.69 bits per heavy atom. The van der Waals surface area contributed by atoms with Crippen LogP contribution in [0.4, 0.5) is 0 Å². The number of ketones is 1. The van der Waals surface area contributed by atoms with E-state index >= 15 is 0 Å². The molecular weight excluding hydrogens is 758 g/mol. The number of carbonyl (C=O) groups excluding carboxylic acids is 5. The summed E-state index contributed by atoms with van der Waals surface area (Å²) in [6.07, 6.45) is -3.34. The van der Waals surface area contributed by atoms with Gasteiger partial charge in [0.15, 0.2) is 24.5 Å². The van der Waals surface area contributed by atoms with E-state index in [4.69, 9.17) is 37.9 Å². The fraction of sp³-hybridized carbons (Fsp3) is 0.786. The van der Waals surface area contributed by atoms with Crippen molar-refractivity contribution in [1.29, 1.82) is 0 Å². The van der Waals surface area contributed by atoms with Crippen LogP contribution in [0.1, 0.15) is 99.8 Å². The molecule has 0 aliphatic carbocycles. The number of nitrogens with zero attached hydrogens (tertiary/aromatic N) is 1. The highest BCUT2D eigenvalue weighted by Gasteiger charge is 2.53. The SMILES string of the molecule is CCCC(=O)O[C@H]1[C@H](C)O[C@@H](O[C@H]2[C@H](N(C)C)[C@@H](O)[C@H](O[C@H]3[C@@H](CC=O)C[C@@H](C)C(=O)/C=C\C=C/C[C@@H](C)OC(=O)C[C@@H](OC(=O)CC)[C@@H]3OC)O[C@@H]2C)C[C@@]1(C)O.